The lowest BCUT2D eigenvalue weighted by atomic mass is 10.1. The standard InChI is InChI=1S/C14H16N2O5S/c1-8-13(17)16-11-4-2-3-10(12(11)21-8)14(18)15-9-5-6-22(19,20)7-9/h2-4,8-9H,5-7H2,1H3,(H,15,18)(H,16,17). The number of nitrogens with one attached hydrogen (secondary N) is 2. The minimum atomic E-state index is -3.06. The Bertz CT molecular complexity index is 744. The van der Waals surface area contributed by atoms with Crippen molar-refractivity contribution in [3.8, 4) is 5.75 Å². The molecule has 2 amide bonds. The molecule has 0 saturated carbocycles. The SMILES string of the molecule is CC1Oc2c(cccc2C(=O)NC2CCS(=O)(=O)C2)NC1=O. The summed E-state index contributed by atoms with van der Waals surface area (Å²) in [4.78, 5) is 24.0. The van der Waals surface area contributed by atoms with E-state index in [0.29, 0.717) is 17.9 Å². The molecule has 1 fully saturated rings. The van der Waals surface area contributed by atoms with Crippen LogP contribution in [0, 0.1) is 0 Å². The van der Waals surface area contributed by atoms with Gasteiger partial charge < -0.3 is 15.4 Å². The average molecular weight is 324 g/mol. The Morgan fingerprint density at radius 2 is 2.18 bits per heavy atom. The zero-order chi connectivity index (χ0) is 15.9. The number of para-hydroxylation sites is 1. The van der Waals surface area contributed by atoms with E-state index < -0.39 is 21.8 Å². The summed E-state index contributed by atoms with van der Waals surface area (Å²) in [5, 5.41) is 5.39. The van der Waals surface area contributed by atoms with Gasteiger partial charge in [0.2, 0.25) is 0 Å². The fraction of sp³-hybridized carbons (Fsp3) is 0.429. The molecule has 0 aliphatic carbocycles. The summed E-state index contributed by atoms with van der Waals surface area (Å²) in [5.74, 6) is -0.307. The van der Waals surface area contributed by atoms with Gasteiger partial charge in [0.1, 0.15) is 0 Å². The second-order valence-corrected chi connectivity index (χ2v) is 7.73. The van der Waals surface area contributed by atoms with E-state index in [1.54, 1.807) is 25.1 Å². The quantitative estimate of drug-likeness (QED) is 0.816. The molecule has 2 atom stereocenters. The molecule has 7 nitrogen and oxygen atoms in total. The van der Waals surface area contributed by atoms with Gasteiger partial charge in [-0.25, -0.2) is 8.42 Å². The van der Waals surface area contributed by atoms with Gasteiger partial charge in [0, 0.05) is 6.04 Å². The van der Waals surface area contributed by atoms with Crippen molar-refractivity contribution in [2.45, 2.75) is 25.5 Å². The highest BCUT2D eigenvalue weighted by Crippen LogP contribution is 2.33. The summed E-state index contributed by atoms with van der Waals surface area (Å²) < 4.78 is 28.4. The van der Waals surface area contributed by atoms with E-state index >= 15 is 0 Å². The fourth-order valence-electron chi connectivity index (χ4n) is 2.58. The Labute approximate surface area is 128 Å². The summed E-state index contributed by atoms with van der Waals surface area (Å²) in [6.07, 6.45) is -0.273. The molecule has 1 saturated heterocycles. The summed E-state index contributed by atoms with van der Waals surface area (Å²) in [7, 11) is -3.06. The molecular weight excluding hydrogens is 308 g/mol. The maximum Gasteiger partial charge on any atom is 0.265 e. The second-order valence-electron chi connectivity index (χ2n) is 5.51. The van der Waals surface area contributed by atoms with Crippen LogP contribution in [0.1, 0.15) is 23.7 Å². The molecule has 118 valence electrons. The lowest BCUT2D eigenvalue weighted by Gasteiger charge is -2.25. The van der Waals surface area contributed by atoms with Crippen LogP contribution in [0.2, 0.25) is 0 Å². The van der Waals surface area contributed by atoms with Gasteiger partial charge >= 0.3 is 0 Å². The number of fused-ring (bicyclic) bond motifs is 1. The van der Waals surface area contributed by atoms with Crippen LogP contribution >= 0.6 is 0 Å². The van der Waals surface area contributed by atoms with Crippen LogP contribution in [0.15, 0.2) is 18.2 Å². The van der Waals surface area contributed by atoms with E-state index in [1.165, 1.54) is 0 Å². The molecule has 1 aromatic rings. The second kappa shape index (κ2) is 5.28. The van der Waals surface area contributed by atoms with Crippen molar-refractivity contribution in [2.75, 3.05) is 16.8 Å². The van der Waals surface area contributed by atoms with Crippen molar-refractivity contribution < 1.29 is 22.7 Å². The topological polar surface area (TPSA) is 102 Å². The first-order chi connectivity index (χ1) is 10.4. The van der Waals surface area contributed by atoms with Crippen LogP contribution in [0.5, 0.6) is 5.75 Å². The van der Waals surface area contributed by atoms with Gasteiger partial charge in [-0.05, 0) is 25.5 Å². The van der Waals surface area contributed by atoms with Crippen molar-refractivity contribution in [3.05, 3.63) is 23.8 Å². The monoisotopic (exact) mass is 324 g/mol. The molecule has 1 aromatic carbocycles. The smallest absolute Gasteiger partial charge is 0.265 e. The van der Waals surface area contributed by atoms with Crippen LogP contribution in [-0.2, 0) is 14.6 Å². The number of hydrogen-bond acceptors (Lipinski definition) is 5. The van der Waals surface area contributed by atoms with Gasteiger partial charge in [-0.3, -0.25) is 9.59 Å². The molecule has 2 N–H and O–H groups in total. The van der Waals surface area contributed by atoms with E-state index in [2.05, 4.69) is 10.6 Å². The molecule has 22 heavy (non-hydrogen) atoms. The zero-order valence-corrected chi connectivity index (χ0v) is 12.8. The molecule has 8 heteroatoms. The first kappa shape index (κ1) is 14.8. The molecule has 0 spiro atoms. The van der Waals surface area contributed by atoms with Crippen LogP contribution in [0.4, 0.5) is 5.69 Å². The number of carbonyl (C=O) groups is 2. The summed E-state index contributed by atoms with van der Waals surface area (Å²) in [6, 6.07) is 4.49. The molecule has 2 aliphatic rings. The number of ether oxygens (including phenoxy) is 1. The third-order valence-corrected chi connectivity index (χ3v) is 5.52. The number of hydrogen-bond donors (Lipinski definition) is 2. The zero-order valence-electron chi connectivity index (χ0n) is 12.0. The maximum absolute atomic E-state index is 12.4. The van der Waals surface area contributed by atoms with Crippen LogP contribution in [0.25, 0.3) is 0 Å². The molecule has 2 unspecified atom stereocenters. The Hall–Kier alpha value is -2.09. The normalized spacial score (nSPS) is 25.8. The lowest BCUT2D eigenvalue weighted by Crippen LogP contribution is -2.38. The number of benzene rings is 1. The van der Waals surface area contributed by atoms with Crippen molar-refractivity contribution in [3.63, 3.8) is 0 Å². The molecule has 3 rings (SSSR count). The van der Waals surface area contributed by atoms with Crippen LogP contribution < -0.4 is 15.4 Å². The number of sulfone groups is 1. The largest absolute Gasteiger partial charge is 0.478 e. The third kappa shape index (κ3) is 2.78. The predicted molar refractivity (Wildman–Crippen MR) is 79.7 cm³/mol. The highest BCUT2D eigenvalue weighted by Gasteiger charge is 2.31. The van der Waals surface area contributed by atoms with Crippen LogP contribution in [-0.4, -0.2) is 43.9 Å². The molecule has 0 aromatic heterocycles. The summed E-state index contributed by atoms with van der Waals surface area (Å²) in [6.45, 7) is 1.59. The van der Waals surface area contributed by atoms with Gasteiger partial charge in [0.25, 0.3) is 11.8 Å². The van der Waals surface area contributed by atoms with E-state index in [9.17, 15) is 18.0 Å². The maximum atomic E-state index is 12.4. The summed E-state index contributed by atoms with van der Waals surface area (Å²) in [5.41, 5.74) is 0.725. The Morgan fingerprint density at radius 3 is 2.86 bits per heavy atom. The van der Waals surface area contributed by atoms with Gasteiger partial charge in [-0.1, -0.05) is 6.07 Å². The first-order valence-electron chi connectivity index (χ1n) is 6.97. The lowest BCUT2D eigenvalue weighted by molar-refractivity contribution is -0.122. The minimum absolute atomic E-state index is 0.0399. The fourth-order valence-corrected chi connectivity index (χ4v) is 4.25. The number of amides is 2. The van der Waals surface area contributed by atoms with E-state index in [-0.39, 0.29) is 29.0 Å². The Kier molecular flexibility index (Phi) is 3.56. The van der Waals surface area contributed by atoms with Gasteiger partial charge in [-0.2, -0.15) is 0 Å². The van der Waals surface area contributed by atoms with E-state index in [0.717, 1.165) is 0 Å². The Balaban J connectivity index is 1.82. The van der Waals surface area contributed by atoms with Crippen molar-refractivity contribution in [1.29, 1.82) is 0 Å². The minimum Gasteiger partial charge on any atom is -0.478 e. The van der Waals surface area contributed by atoms with E-state index in [1.807, 2.05) is 0 Å². The average Bonchev–Trinajstić information content (AvgIpc) is 2.78. The molecule has 2 aliphatic heterocycles. The highest BCUT2D eigenvalue weighted by molar-refractivity contribution is 7.91. The highest BCUT2D eigenvalue weighted by atomic mass is 32.2. The van der Waals surface area contributed by atoms with Crippen LogP contribution in [0.3, 0.4) is 0 Å². The van der Waals surface area contributed by atoms with E-state index in [4.69, 9.17) is 4.74 Å². The molecular formula is C14H16N2O5S. The number of rotatable bonds is 2. The summed E-state index contributed by atoms with van der Waals surface area (Å²) >= 11 is 0. The van der Waals surface area contributed by atoms with Gasteiger partial charge in [0.05, 0.1) is 22.8 Å². The first-order valence-corrected chi connectivity index (χ1v) is 8.80. The molecule has 0 bridgehead atoms. The number of carbonyl (C=O) groups excluding carboxylic acids is 2. The predicted octanol–water partition coefficient (Wildman–Crippen LogP) is 0.323. The third-order valence-electron chi connectivity index (χ3n) is 3.75. The van der Waals surface area contributed by atoms with Gasteiger partial charge in [0.15, 0.2) is 21.7 Å². The van der Waals surface area contributed by atoms with Gasteiger partial charge in [-0.15, -0.1) is 0 Å². The Morgan fingerprint density at radius 1 is 1.41 bits per heavy atom. The molecule has 2 heterocycles. The van der Waals surface area contributed by atoms with Crippen molar-refractivity contribution in [2.24, 2.45) is 0 Å². The van der Waals surface area contributed by atoms with Crippen molar-refractivity contribution >= 4 is 27.3 Å². The molecule has 0 radical (unpaired) electrons. The number of anilines is 1. The van der Waals surface area contributed by atoms with Crippen molar-refractivity contribution in [1.82, 2.24) is 5.32 Å².